The standard InChI is InChI=1S/C40H58N6O7/c1-30(2)13-7-5-6-12-20-41-36(47)18-19-37(48)45-29-32-14-8-9-15-33(32)39-38(34-16-10-11-17-35(34)45)43-44-46(39)22-24-51-26-28-52-27-25-50-23-21-42-40(49)53-31(3)4/h8-11,14-17,30-31H,5-7,12-13,18-29H2,1-4H3,(H,41,47)(H,42,49). The van der Waals surface area contributed by atoms with Crippen molar-refractivity contribution in [3.05, 3.63) is 54.1 Å². The van der Waals surface area contributed by atoms with Crippen molar-refractivity contribution >= 4 is 23.6 Å². The summed E-state index contributed by atoms with van der Waals surface area (Å²) >= 11 is 0. The summed E-state index contributed by atoms with van der Waals surface area (Å²) in [6, 6.07) is 15.7. The van der Waals surface area contributed by atoms with E-state index in [9.17, 15) is 14.4 Å². The molecule has 1 aromatic heterocycles. The molecule has 13 nitrogen and oxygen atoms in total. The van der Waals surface area contributed by atoms with E-state index in [1.807, 2.05) is 53.2 Å². The van der Waals surface area contributed by atoms with Crippen LogP contribution < -0.4 is 15.5 Å². The molecule has 0 saturated carbocycles. The molecule has 53 heavy (non-hydrogen) atoms. The summed E-state index contributed by atoms with van der Waals surface area (Å²) in [5.74, 6) is 0.514. The minimum Gasteiger partial charge on any atom is -0.447 e. The second-order valence-electron chi connectivity index (χ2n) is 13.8. The van der Waals surface area contributed by atoms with Gasteiger partial charge in [-0.1, -0.05) is 87.2 Å². The first-order valence-electron chi connectivity index (χ1n) is 19.1. The summed E-state index contributed by atoms with van der Waals surface area (Å²) in [5.41, 5.74) is 5.01. The van der Waals surface area contributed by atoms with Crippen LogP contribution in [0.25, 0.3) is 22.5 Å². The van der Waals surface area contributed by atoms with Gasteiger partial charge in [-0.25, -0.2) is 9.48 Å². The molecule has 2 heterocycles. The molecule has 0 fully saturated rings. The molecule has 0 saturated heterocycles. The zero-order valence-electron chi connectivity index (χ0n) is 31.9. The van der Waals surface area contributed by atoms with Crippen LogP contribution in [0.2, 0.25) is 0 Å². The Balaban J connectivity index is 1.27. The number of hydrogen-bond donors (Lipinski definition) is 2. The lowest BCUT2D eigenvalue weighted by molar-refractivity contribution is -0.125. The Hall–Kier alpha value is -4.33. The predicted octanol–water partition coefficient (Wildman–Crippen LogP) is 6.15. The zero-order chi connectivity index (χ0) is 37.8. The fourth-order valence-electron chi connectivity index (χ4n) is 6.07. The highest BCUT2D eigenvalue weighted by molar-refractivity contribution is 6.01. The fourth-order valence-corrected chi connectivity index (χ4v) is 6.07. The Labute approximate surface area is 314 Å². The molecule has 290 valence electrons. The van der Waals surface area contributed by atoms with Crippen molar-refractivity contribution in [2.75, 3.05) is 57.6 Å². The lowest BCUT2D eigenvalue weighted by atomic mass is 9.95. The fraction of sp³-hybridized carbons (Fsp3) is 0.575. The van der Waals surface area contributed by atoms with E-state index >= 15 is 0 Å². The summed E-state index contributed by atoms with van der Waals surface area (Å²) in [7, 11) is 0. The molecule has 1 aliphatic heterocycles. The number of anilines is 1. The van der Waals surface area contributed by atoms with Crippen molar-refractivity contribution in [3.63, 3.8) is 0 Å². The van der Waals surface area contributed by atoms with E-state index in [0.717, 1.165) is 46.8 Å². The molecule has 2 aromatic carbocycles. The lowest BCUT2D eigenvalue weighted by Gasteiger charge is -2.28. The third-order valence-electron chi connectivity index (χ3n) is 8.73. The molecule has 4 rings (SSSR count). The third kappa shape index (κ3) is 13.9. The molecule has 0 radical (unpaired) electrons. The second-order valence-corrected chi connectivity index (χ2v) is 13.8. The predicted molar refractivity (Wildman–Crippen MR) is 204 cm³/mol. The summed E-state index contributed by atoms with van der Waals surface area (Å²) in [4.78, 5) is 39.7. The van der Waals surface area contributed by atoms with Gasteiger partial charge in [0.1, 0.15) is 5.69 Å². The number of alkyl carbamates (subject to hydrolysis) is 1. The average molecular weight is 735 g/mol. The molecule has 0 atom stereocenters. The molecular formula is C40H58N6O7. The Morgan fingerprint density at radius 2 is 1.43 bits per heavy atom. The minimum atomic E-state index is -0.454. The molecule has 0 spiro atoms. The van der Waals surface area contributed by atoms with Crippen LogP contribution in [0.1, 0.15) is 78.2 Å². The summed E-state index contributed by atoms with van der Waals surface area (Å²) in [5, 5.41) is 14.8. The van der Waals surface area contributed by atoms with Gasteiger partial charge >= 0.3 is 6.09 Å². The van der Waals surface area contributed by atoms with Gasteiger partial charge in [-0.15, -0.1) is 5.10 Å². The van der Waals surface area contributed by atoms with Crippen LogP contribution in [0, 0.1) is 5.92 Å². The van der Waals surface area contributed by atoms with E-state index < -0.39 is 6.09 Å². The number of unbranched alkanes of at least 4 members (excludes halogenated alkanes) is 3. The number of fused-ring (bicyclic) bond motifs is 5. The van der Waals surface area contributed by atoms with E-state index in [4.69, 9.17) is 18.9 Å². The van der Waals surface area contributed by atoms with Gasteiger partial charge in [0, 0.05) is 37.1 Å². The number of rotatable bonds is 23. The largest absolute Gasteiger partial charge is 0.447 e. The van der Waals surface area contributed by atoms with E-state index in [1.54, 1.807) is 18.7 Å². The second kappa shape index (κ2) is 22.7. The number of nitrogens with zero attached hydrogens (tertiary/aromatic N) is 4. The highest BCUT2D eigenvalue weighted by Crippen LogP contribution is 2.41. The van der Waals surface area contributed by atoms with Crippen molar-refractivity contribution in [2.24, 2.45) is 5.92 Å². The van der Waals surface area contributed by atoms with E-state index in [2.05, 4.69) is 34.8 Å². The molecule has 0 bridgehead atoms. The summed E-state index contributed by atoms with van der Waals surface area (Å²) in [6.45, 7) is 12.3. The lowest BCUT2D eigenvalue weighted by Crippen LogP contribution is -2.33. The maximum Gasteiger partial charge on any atom is 0.407 e. The monoisotopic (exact) mass is 734 g/mol. The molecular weight excluding hydrogens is 676 g/mol. The van der Waals surface area contributed by atoms with Gasteiger partial charge in [0.05, 0.1) is 70.2 Å². The SMILES string of the molecule is CC(C)CCCCCCNC(=O)CCC(=O)N1Cc2ccccc2-c2c(nnn2CCOCCOCCOCCNC(=O)OC(C)C)-c2ccccc21. The number of amides is 3. The van der Waals surface area contributed by atoms with Crippen LogP contribution in [0.15, 0.2) is 48.5 Å². The number of para-hydroxylation sites is 1. The van der Waals surface area contributed by atoms with Crippen molar-refractivity contribution in [1.29, 1.82) is 0 Å². The maximum atomic E-state index is 13.8. The average Bonchev–Trinajstić information content (AvgIpc) is 3.54. The topological polar surface area (TPSA) is 146 Å². The first-order chi connectivity index (χ1) is 25.7. The highest BCUT2D eigenvalue weighted by atomic mass is 16.6. The van der Waals surface area contributed by atoms with Gasteiger partial charge in [-0.3, -0.25) is 9.59 Å². The van der Waals surface area contributed by atoms with Crippen molar-refractivity contribution in [1.82, 2.24) is 25.6 Å². The third-order valence-corrected chi connectivity index (χ3v) is 8.73. The van der Waals surface area contributed by atoms with Crippen LogP contribution in [0.5, 0.6) is 0 Å². The van der Waals surface area contributed by atoms with Gasteiger partial charge < -0.3 is 34.5 Å². The maximum absolute atomic E-state index is 13.8. The van der Waals surface area contributed by atoms with Crippen molar-refractivity contribution < 1.29 is 33.3 Å². The number of ether oxygens (including phenoxy) is 4. The van der Waals surface area contributed by atoms with E-state index in [0.29, 0.717) is 71.5 Å². The zero-order valence-corrected chi connectivity index (χ0v) is 31.9. The smallest absolute Gasteiger partial charge is 0.407 e. The number of hydrogen-bond acceptors (Lipinski definition) is 9. The molecule has 0 unspecified atom stereocenters. The highest BCUT2D eigenvalue weighted by Gasteiger charge is 2.29. The molecule has 0 aliphatic carbocycles. The van der Waals surface area contributed by atoms with Gasteiger partial charge in [-0.2, -0.15) is 0 Å². The molecule has 2 N–H and O–H groups in total. The first-order valence-corrected chi connectivity index (χ1v) is 19.1. The Morgan fingerprint density at radius 3 is 2.19 bits per heavy atom. The number of carbonyl (C=O) groups is 3. The molecule has 3 aromatic rings. The van der Waals surface area contributed by atoms with Gasteiger partial charge in [0.25, 0.3) is 0 Å². The molecule has 13 heteroatoms. The van der Waals surface area contributed by atoms with Gasteiger partial charge in [0.15, 0.2) is 0 Å². The van der Waals surface area contributed by atoms with Gasteiger partial charge in [-0.05, 0) is 37.8 Å². The number of carbonyl (C=O) groups excluding carboxylic acids is 3. The number of nitrogens with one attached hydrogen (secondary N) is 2. The van der Waals surface area contributed by atoms with E-state index in [1.165, 1.54) is 19.3 Å². The Kier molecular flexibility index (Phi) is 17.7. The van der Waals surface area contributed by atoms with Crippen LogP contribution in [-0.2, 0) is 41.6 Å². The Bertz CT molecular complexity index is 1580. The normalized spacial score (nSPS) is 12.2. The van der Waals surface area contributed by atoms with Crippen LogP contribution in [0.3, 0.4) is 0 Å². The molecule has 3 amide bonds. The quantitative estimate of drug-likeness (QED) is 0.110. The van der Waals surface area contributed by atoms with Crippen molar-refractivity contribution in [2.45, 2.75) is 91.8 Å². The van der Waals surface area contributed by atoms with Crippen molar-refractivity contribution in [3.8, 4) is 22.5 Å². The summed E-state index contributed by atoms with van der Waals surface area (Å²) < 4.78 is 23.8. The van der Waals surface area contributed by atoms with E-state index in [-0.39, 0.29) is 30.8 Å². The van der Waals surface area contributed by atoms with Crippen LogP contribution in [0.4, 0.5) is 10.5 Å². The number of benzene rings is 2. The summed E-state index contributed by atoms with van der Waals surface area (Å²) in [6.07, 6.45) is 5.33. The first kappa shape index (κ1) is 41.4. The van der Waals surface area contributed by atoms with Gasteiger partial charge in [0.2, 0.25) is 11.8 Å². The Morgan fingerprint density at radius 1 is 0.755 bits per heavy atom. The van der Waals surface area contributed by atoms with Crippen LogP contribution >= 0.6 is 0 Å². The minimum absolute atomic E-state index is 0.0961. The molecule has 1 aliphatic rings. The van der Waals surface area contributed by atoms with Crippen LogP contribution in [-0.4, -0.2) is 91.7 Å². The number of aromatic nitrogens is 3.